The van der Waals surface area contributed by atoms with Gasteiger partial charge in [-0.25, -0.2) is 4.98 Å². The molecule has 5 nitrogen and oxygen atoms in total. The van der Waals surface area contributed by atoms with Crippen LogP contribution in [0.3, 0.4) is 0 Å². The van der Waals surface area contributed by atoms with Crippen molar-refractivity contribution in [3.8, 4) is 0 Å². The summed E-state index contributed by atoms with van der Waals surface area (Å²) in [5, 5.41) is 0. The van der Waals surface area contributed by atoms with Gasteiger partial charge in [0.1, 0.15) is 5.82 Å². The number of imidazole rings is 1. The lowest BCUT2D eigenvalue weighted by Crippen LogP contribution is -2.44. The summed E-state index contributed by atoms with van der Waals surface area (Å²) in [5.41, 5.74) is 1.28. The van der Waals surface area contributed by atoms with Crippen LogP contribution in [0, 0.1) is 5.92 Å². The normalized spacial score (nSPS) is 21.7. The van der Waals surface area contributed by atoms with Crippen molar-refractivity contribution < 1.29 is 9.53 Å². The molecule has 0 bridgehead atoms. The van der Waals surface area contributed by atoms with Gasteiger partial charge in [0, 0.05) is 57.1 Å². The van der Waals surface area contributed by atoms with Crippen molar-refractivity contribution in [1.82, 2.24) is 14.5 Å². The summed E-state index contributed by atoms with van der Waals surface area (Å²) in [4.78, 5) is 19.6. The molecule has 2 aliphatic heterocycles. The molecule has 0 radical (unpaired) electrons. The Labute approximate surface area is 155 Å². The van der Waals surface area contributed by atoms with Crippen molar-refractivity contribution in [3.63, 3.8) is 0 Å². The minimum atomic E-state index is 0.145. The number of hydrogen-bond acceptors (Lipinski definition) is 3. The molecular formula is C21H27N3O2. The standard InChI is InChI=1S/C21H27N3O2/c25-21(18-8-13-26-14-9-18)24-11-4-7-19(16-24)20-22-10-12-23(20)15-17-5-2-1-3-6-17/h1-3,5-6,10,12,18-19H,4,7-9,11,13-16H2/t19-/m0/s1. The number of carbonyl (C=O) groups is 1. The third-order valence-corrected chi connectivity index (χ3v) is 5.61. The zero-order valence-electron chi connectivity index (χ0n) is 15.2. The molecule has 5 heteroatoms. The average molecular weight is 353 g/mol. The van der Waals surface area contributed by atoms with Crippen LogP contribution >= 0.6 is 0 Å². The molecular weight excluding hydrogens is 326 g/mol. The number of hydrogen-bond donors (Lipinski definition) is 0. The van der Waals surface area contributed by atoms with Gasteiger partial charge >= 0.3 is 0 Å². The van der Waals surface area contributed by atoms with Crippen LogP contribution in [0.5, 0.6) is 0 Å². The van der Waals surface area contributed by atoms with Crippen LogP contribution in [-0.4, -0.2) is 46.7 Å². The summed E-state index contributed by atoms with van der Waals surface area (Å²) in [6.07, 6.45) is 7.82. The molecule has 2 aliphatic rings. The maximum Gasteiger partial charge on any atom is 0.225 e. The summed E-state index contributed by atoms with van der Waals surface area (Å²) in [5.74, 6) is 1.90. The number of aromatic nitrogens is 2. The van der Waals surface area contributed by atoms with E-state index in [1.807, 2.05) is 12.3 Å². The van der Waals surface area contributed by atoms with Crippen molar-refractivity contribution in [2.75, 3.05) is 26.3 Å². The molecule has 4 rings (SSSR count). The lowest BCUT2D eigenvalue weighted by molar-refractivity contribution is -0.139. The predicted octanol–water partition coefficient (Wildman–Crippen LogP) is 3.06. The van der Waals surface area contributed by atoms with E-state index in [2.05, 4.69) is 44.9 Å². The highest BCUT2D eigenvalue weighted by Gasteiger charge is 2.31. The Morgan fingerprint density at radius 1 is 1.15 bits per heavy atom. The summed E-state index contributed by atoms with van der Waals surface area (Å²) in [6, 6.07) is 10.5. The fraction of sp³-hybridized carbons (Fsp3) is 0.524. The van der Waals surface area contributed by atoms with E-state index in [1.165, 1.54) is 5.56 Å². The van der Waals surface area contributed by atoms with Gasteiger partial charge in [0.15, 0.2) is 0 Å². The van der Waals surface area contributed by atoms with Gasteiger partial charge in [-0.3, -0.25) is 4.79 Å². The van der Waals surface area contributed by atoms with Gasteiger partial charge in [-0.2, -0.15) is 0 Å². The summed E-state index contributed by atoms with van der Waals surface area (Å²) in [7, 11) is 0. The Morgan fingerprint density at radius 3 is 2.77 bits per heavy atom. The zero-order valence-corrected chi connectivity index (χ0v) is 15.2. The molecule has 2 aromatic rings. The third kappa shape index (κ3) is 3.83. The van der Waals surface area contributed by atoms with E-state index in [0.717, 1.165) is 64.4 Å². The summed E-state index contributed by atoms with van der Waals surface area (Å²) in [6.45, 7) is 3.94. The summed E-state index contributed by atoms with van der Waals surface area (Å²) >= 11 is 0. The van der Waals surface area contributed by atoms with Crippen LogP contribution in [0.1, 0.15) is 43.0 Å². The maximum atomic E-state index is 12.9. The maximum absolute atomic E-state index is 12.9. The Balaban J connectivity index is 1.45. The highest BCUT2D eigenvalue weighted by atomic mass is 16.5. The van der Waals surface area contributed by atoms with Crippen molar-refractivity contribution in [2.24, 2.45) is 5.92 Å². The van der Waals surface area contributed by atoms with Crippen molar-refractivity contribution >= 4 is 5.91 Å². The van der Waals surface area contributed by atoms with Crippen molar-refractivity contribution in [3.05, 3.63) is 54.1 Å². The fourth-order valence-electron chi connectivity index (χ4n) is 4.19. The van der Waals surface area contributed by atoms with Gasteiger partial charge in [0.25, 0.3) is 0 Å². The van der Waals surface area contributed by atoms with E-state index in [-0.39, 0.29) is 5.92 Å². The second-order valence-corrected chi connectivity index (χ2v) is 7.41. The van der Waals surface area contributed by atoms with Crippen LogP contribution in [0.2, 0.25) is 0 Å². The molecule has 0 saturated carbocycles. The number of rotatable bonds is 4. The van der Waals surface area contributed by atoms with E-state index < -0.39 is 0 Å². The number of ether oxygens (including phenoxy) is 1. The first-order chi connectivity index (χ1) is 12.8. The topological polar surface area (TPSA) is 47.4 Å². The summed E-state index contributed by atoms with van der Waals surface area (Å²) < 4.78 is 7.64. The quantitative estimate of drug-likeness (QED) is 0.849. The number of carbonyl (C=O) groups excluding carboxylic acids is 1. The average Bonchev–Trinajstić information content (AvgIpc) is 3.17. The van der Waals surface area contributed by atoms with Gasteiger partial charge in [0.05, 0.1) is 0 Å². The highest BCUT2D eigenvalue weighted by molar-refractivity contribution is 5.79. The Kier molecular flexibility index (Phi) is 5.34. The Bertz CT molecular complexity index is 722. The number of likely N-dealkylation sites (tertiary alicyclic amines) is 1. The lowest BCUT2D eigenvalue weighted by atomic mass is 9.93. The Hall–Kier alpha value is -2.14. The van der Waals surface area contributed by atoms with Crippen LogP contribution in [0.15, 0.2) is 42.7 Å². The van der Waals surface area contributed by atoms with E-state index in [1.54, 1.807) is 0 Å². The van der Waals surface area contributed by atoms with E-state index in [0.29, 0.717) is 11.8 Å². The molecule has 0 unspecified atom stereocenters. The third-order valence-electron chi connectivity index (χ3n) is 5.61. The molecule has 1 atom stereocenters. The molecule has 0 aliphatic carbocycles. The number of nitrogens with zero attached hydrogens (tertiary/aromatic N) is 3. The second-order valence-electron chi connectivity index (χ2n) is 7.41. The SMILES string of the molecule is O=C(C1CCOCC1)N1CCC[C@H](c2nccn2Cc2ccccc2)C1. The van der Waals surface area contributed by atoms with Crippen molar-refractivity contribution in [2.45, 2.75) is 38.1 Å². The highest BCUT2D eigenvalue weighted by Crippen LogP contribution is 2.28. The van der Waals surface area contributed by atoms with E-state index in [4.69, 9.17) is 4.74 Å². The number of benzene rings is 1. The first-order valence-corrected chi connectivity index (χ1v) is 9.73. The smallest absolute Gasteiger partial charge is 0.225 e. The zero-order chi connectivity index (χ0) is 17.8. The molecule has 1 amide bonds. The number of amides is 1. The molecule has 0 N–H and O–H groups in total. The molecule has 2 saturated heterocycles. The lowest BCUT2D eigenvalue weighted by Gasteiger charge is -2.35. The molecule has 0 spiro atoms. The van der Waals surface area contributed by atoms with Crippen LogP contribution < -0.4 is 0 Å². The monoisotopic (exact) mass is 353 g/mol. The van der Waals surface area contributed by atoms with E-state index >= 15 is 0 Å². The molecule has 1 aromatic carbocycles. The largest absolute Gasteiger partial charge is 0.381 e. The predicted molar refractivity (Wildman–Crippen MR) is 99.9 cm³/mol. The molecule has 3 heterocycles. The van der Waals surface area contributed by atoms with Gasteiger partial charge in [0.2, 0.25) is 5.91 Å². The molecule has 26 heavy (non-hydrogen) atoms. The van der Waals surface area contributed by atoms with Gasteiger partial charge in [-0.1, -0.05) is 30.3 Å². The number of piperidine rings is 1. The van der Waals surface area contributed by atoms with Crippen LogP contribution in [-0.2, 0) is 16.1 Å². The van der Waals surface area contributed by atoms with Crippen molar-refractivity contribution in [1.29, 1.82) is 0 Å². The van der Waals surface area contributed by atoms with Gasteiger partial charge in [-0.05, 0) is 31.2 Å². The van der Waals surface area contributed by atoms with Gasteiger partial charge < -0.3 is 14.2 Å². The first kappa shape index (κ1) is 17.3. The molecule has 2 fully saturated rings. The fourth-order valence-corrected chi connectivity index (χ4v) is 4.19. The van der Waals surface area contributed by atoms with Crippen LogP contribution in [0.4, 0.5) is 0 Å². The van der Waals surface area contributed by atoms with E-state index in [9.17, 15) is 4.79 Å². The molecule has 1 aromatic heterocycles. The minimum Gasteiger partial charge on any atom is -0.381 e. The first-order valence-electron chi connectivity index (χ1n) is 9.73. The second kappa shape index (κ2) is 8.04. The molecule has 138 valence electrons. The Morgan fingerprint density at radius 2 is 1.96 bits per heavy atom. The minimum absolute atomic E-state index is 0.145. The van der Waals surface area contributed by atoms with Crippen LogP contribution in [0.25, 0.3) is 0 Å². The van der Waals surface area contributed by atoms with Gasteiger partial charge in [-0.15, -0.1) is 0 Å².